The monoisotopic (exact) mass is 724 g/mol. The van der Waals surface area contributed by atoms with Gasteiger partial charge < -0.3 is 20.6 Å². The van der Waals surface area contributed by atoms with Crippen molar-refractivity contribution in [3.05, 3.63) is 108 Å². The summed E-state index contributed by atoms with van der Waals surface area (Å²) in [4.78, 5) is -0.985. The van der Waals surface area contributed by atoms with E-state index in [-0.39, 0.29) is 92.6 Å². The zero-order valence-electron chi connectivity index (χ0n) is 27.4. The topological polar surface area (TPSA) is 216 Å². The quantitative estimate of drug-likeness (QED) is 0.107. The first-order valence-corrected chi connectivity index (χ1v) is 17.1. The number of fused-ring (bicyclic) bond motifs is 2. The Morgan fingerprint density at radius 3 is 1.12 bits per heavy atom. The molecule has 4 N–H and O–H groups in total. The maximum atomic E-state index is 12.2. The molecular formula is C34H26N6Na2O6S2. The molecule has 16 heteroatoms. The Morgan fingerprint density at radius 1 is 0.480 bits per heavy atom. The van der Waals surface area contributed by atoms with Crippen LogP contribution in [0, 0.1) is 13.8 Å². The molecule has 12 nitrogen and oxygen atoms in total. The van der Waals surface area contributed by atoms with Gasteiger partial charge in [0.05, 0.1) is 21.2 Å². The summed E-state index contributed by atoms with van der Waals surface area (Å²) < 4.78 is 73.1. The molecule has 0 amide bonds. The largest absolute Gasteiger partial charge is 1.00 e. The second kappa shape index (κ2) is 15.4. The molecule has 0 aliphatic rings. The van der Waals surface area contributed by atoms with Crippen molar-refractivity contribution in [1.82, 2.24) is 0 Å². The average Bonchev–Trinajstić information content (AvgIpc) is 3.02. The Morgan fingerprint density at radius 2 is 0.800 bits per heavy atom. The van der Waals surface area contributed by atoms with Crippen LogP contribution in [0.25, 0.3) is 32.7 Å². The van der Waals surface area contributed by atoms with Crippen LogP contribution in [0.15, 0.2) is 127 Å². The van der Waals surface area contributed by atoms with Crippen LogP contribution in [0.4, 0.5) is 34.1 Å². The Bertz CT molecular complexity index is 2400. The molecule has 0 saturated carbocycles. The van der Waals surface area contributed by atoms with Crippen LogP contribution in [0.2, 0.25) is 0 Å². The Labute approximate surface area is 332 Å². The van der Waals surface area contributed by atoms with Gasteiger partial charge in [-0.05, 0) is 72.5 Å². The molecule has 0 heterocycles. The Hall–Kier alpha value is -3.54. The minimum atomic E-state index is -4.90. The van der Waals surface area contributed by atoms with E-state index in [2.05, 4.69) is 20.5 Å². The van der Waals surface area contributed by atoms with Crippen LogP contribution >= 0.6 is 0 Å². The van der Waals surface area contributed by atoms with Crippen molar-refractivity contribution in [3.8, 4) is 11.1 Å². The summed E-state index contributed by atoms with van der Waals surface area (Å²) in [7, 11) is -9.80. The zero-order chi connectivity index (χ0) is 34.4. The first kappa shape index (κ1) is 39.2. The van der Waals surface area contributed by atoms with E-state index in [1.54, 1.807) is 60.7 Å². The molecule has 0 fully saturated rings. The molecule has 0 saturated heterocycles. The number of hydrogen-bond donors (Lipinski definition) is 2. The van der Waals surface area contributed by atoms with Crippen LogP contribution in [0.1, 0.15) is 11.1 Å². The number of nitrogens with two attached hydrogens (primary N) is 2. The molecule has 0 spiro atoms. The number of aryl methyl sites for hydroxylation is 2. The van der Waals surface area contributed by atoms with Gasteiger partial charge in [-0.1, -0.05) is 60.7 Å². The van der Waals surface area contributed by atoms with Crippen LogP contribution in [-0.2, 0) is 20.2 Å². The Kier molecular flexibility index (Phi) is 12.1. The Balaban J connectivity index is 0.00000281. The minimum absolute atomic E-state index is 0. The van der Waals surface area contributed by atoms with Crippen LogP contribution in [-0.4, -0.2) is 25.9 Å². The standard InChI is InChI=1S/C34H28N6O6S2.2Na/c1-19-15-21(11-13-29(19)37-39-31-17-27(35)23-7-3-5-9-25(23)33(31)47(41,42)43)22-12-14-30(20(2)16-22)38-40-32-18-28(36)24-8-4-6-10-26(24)34(32)48(44,45)46;;/h3-18H,35-36H2,1-2H3,(H,41,42,43)(H,44,45,46);;/q;2*+1/p-2/b39-37+,40-38+;;. The van der Waals surface area contributed by atoms with Gasteiger partial charge in [0.25, 0.3) is 0 Å². The molecule has 242 valence electrons. The maximum absolute atomic E-state index is 12.2. The fourth-order valence-corrected chi connectivity index (χ4v) is 7.11. The number of hydrogen-bond acceptors (Lipinski definition) is 12. The van der Waals surface area contributed by atoms with E-state index in [9.17, 15) is 25.9 Å². The van der Waals surface area contributed by atoms with E-state index in [0.717, 1.165) is 22.3 Å². The van der Waals surface area contributed by atoms with Crippen LogP contribution < -0.4 is 70.6 Å². The smallest absolute Gasteiger partial charge is 0.744 e. The SMILES string of the molecule is Cc1cc(-c2ccc(/N=N/c3cc(N)c4ccccc4c3S(=O)(=O)[O-])c(C)c2)ccc1/N=N/c1cc(N)c2ccccc2c1S(=O)(=O)[O-].[Na+].[Na+]. The number of rotatable bonds is 7. The summed E-state index contributed by atoms with van der Waals surface area (Å²) >= 11 is 0. The molecule has 0 bridgehead atoms. The van der Waals surface area contributed by atoms with E-state index in [1.165, 1.54) is 24.3 Å². The van der Waals surface area contributed by atoms with Crippen molar-refractivity contribution < 1.29 is 85.1 Å². The van der Waals surface area contributed by atoms with E-state index < -0.39 is 30.0 Å². The zero-order valence-corrected chi connectivity index (χ0v) is 33.1. The van der Waals surface area contributed by atoms with Gasteiger partial charge >= 0.3 is 59.1 Å². The van der Waals surface area contributed by atoms with Crippen molar-refractivity contribution in [2.75, 3.05) is 11.5 Å². The van der Waals surface area contributed by atoms with Crippen LogP contribution in [0.3, 0.4) is 0 Å². The van der Waals surface area contributed by atoms with Gasteiger partial charge in [-0.25, -0.2) is 16.8 Å². The van der Waals surface area contributed by atoms with Crippen LogP contribution in [0.5, 0.6) is 0 Å². The summed E-state index contributed by atoms with van der Waals surface area (Å²) in [6.07, 6.45) is 0. The molecule has 6 aromatic rings. The molecule has 6 aromatic carbocycles. The second-order valence-corrected chi connectivity index (χ2v) is 13.7. The summed E-state index contributed by atoms with van der Waals surface area (Å²) in [6.45, 7) is 3.62. The molecular weight excluding hydrogens is 699 g/mol. The summed E-state index contributed by atoms with van der Waals surface area (Å²) in [6, 6.07) is 26.2. The summed E-state index contributed by atoms with van der Waals surface area (Å²) in [5.41, 5.74) is 16.4. The number of anilines is 2. The van der Waals surface area contributed by atoms with Crippen molar-refractivity contribution in [1.29, 1.82) is 0 Å². The van der Waals surface area contributed by atoms with Gasteiger partial charge in [-0.15, -0.1) is 10.2 Å². The van der Waals surface area contributed by atoms with Gasteiger partial charge in [0.2, 0.25) is 0 Å². The number of nitrogens with zero attached hydrogens (tertiary/aromatic N) is 4. The first-order valence-electron chi connectivity index (χ1n) is 14.3. The van der Waals surface area contributed by atoms with Gasteiger partial charge in [0.1, 0.15) is 31.6 Å². The number of azo groups is 2. The molecule has 0 aromatic heterocycles. The fraction of sp³-hybridized carbons (Fsp3) is 0.0588. The van der Waals surface area contributed by atoms with Gasteiger partial charge in [-0.2, -0.15) is 10.2 Å². The molecule has 0 atom stereocenters. The third-order valence-corrected chi connectivity index (χ3v) is 9.63. The minimum Gasteiger partial charge on any atom is -0.744 e. The van der Waals surface area contributed by atoms with Gasteiger partial charge in [-0.3, -0.25) is 0 Å². The van der Waals surface area contributed by atoms with E-state index in [0.29, 0.717) is 22.1 Å². The predicted molar refractivity (Wildman–Crippen MR) is 182 cm³/mol. The first-order chi connectivity index (χ1) is 22.7. The molecule has 50 heavy (non-hydrogen) atoms. The van der Waals surface area contributed by atoms with E-state index in [1.807, 2.05) is 26.0 Å². The fourth-order valence-electron chi connectivity index (χ4n) is 5.51. The summed E-state index contributed by atoms with van der Waals surface area (Å²) in [5.74, 6) is 0. The molecule has 0 aliphatic carbocycles. The van der Waals surface area contributed by atoms with Crippen molar-refractivity contribution in [3.63, 3.8) is 0 Å². The number of benzene rings is 6. The van der Waals surface area contributed by atoms with Crippen molar-refractivity contribution >= 4 is 75.9 Å². The normalized spacial score (nSPS) is 12.0. The third kappa shape index (κ3) is 8.00. The van der Waals surface area contributed by atoms with Crippen molar-refractivity contribution in [2.24, 2.45) is 20.5 Å². The van der Waals surface area contributed by atoms with Crippen molar-refractivity contribution in [2.45, 2.75) is 23.6 Å². The maximum Gasteiger partial charge on any atom is 1.00 e. The number of nitrogen functional groups attached to an aromatic ring is 2. The third-order valence-electron chi connectivity index (χ3n) is 7.77. The van der Waals surface area contributed by atoms with E-state index in [4.69, 9.17) is 11.5 Å². The molecule has 0 unspecified atom stereocenters. The predicted octanol–water partition coefficient (Wildman–Crippen LogP) is 2.09. The molecule has 0 aliphatic heterocycles. The second-order valence-electron chi connectivity index (χ2n) is 11.0. The molecule has 6 rings (SSSR count). The summed E-state index contributed by atoms with van der Waals surface area (Å²) in [5, 5.41) is 17.9. The van der Waals surface area contributed by atoms with E-state index >= 15 is 0 Å². The van der Waals surface area contributed by atoms with Gasteiger partial charge in [0.15, 0.2) is 0 Å². The average molecular weight is 725 g/mol. The molecule has 0 radical (unpaired) electrons. The van der Waals surface area contributed by atoms with Gasteiger partial charge in [0, 0.05) is 32.9 Å².